The highest BCUT2D eigenvalue weighted by atomic mass is 19.1. The lowest BCUT2D eigenvalue weighted by atomic mass is 10.1. The predicted octanol–water partition coefficient (Wildman–Crippen LogP) is 4.58. The van der Waals surface area contributed by atoms with Crippen LogP contribution in [0.2, 0.25) is 0 Å². The number of carbonyl (C=O) groups is 1. The molecule has 4 heteroatoms. The number of nitrogens with one attached hydrogen (secondary N) is 1. The SMILES string of the molecule is O=C(Nc1ccc(F)cc1)C(Oc1ccccc1)c1ccccc1. The van der Waals surface area contributed by atoms with Gasteiger partial charge in [-0.25, -0.2) is 4.39 Å². The Hall–Kier alpha value is -3.14. The number of amides is 1. The van der Waals surface area contributed by atoms with Crippen LogP contribution in [-0.2, 0) is 4.79 Å². The third-order valence-electron chi connectivity index (χ3n) is 3.45. The Kier molecular flexibility index (Phi) is 4.87. The van der Waals surface area contributed by atoms with E-state index in [0.717, 1.165) is 5.56 Å². The van der Waals surface area contributed by atoms with Crippen molar-refractivity contribution in [3.05, 3.63) is 96.3 Å². The number of carbonyl (C=O) groups excluding carboxylic acids is 1. The molecule has 0 aliphatic rings. The van der Waals surface area contributed by atoms with Gasteiger partial charge in [0.25, 0.3) is 5.91 Å². The largest absolute Gasteiger partial charge is 0.476 e. The fourth-order valence-corrected chi connectivity index (χ4v) is 2.28. The van der Waals surface area contributed by atoms with Crippen LogP contribution in [0.1, 0.15) is 11.7 Å². The summed E-state index contributed by atoms with van der Waals surface area (Å²) in [6.45, 7) is 0. The first-order valence-electron chi connectivity index (χ1n) is 7.55. The highest BCUT2D eigenvalue weighted by molar-refractivity contribution is 5.95. The van der Waals surface area contributed by atoms with Gasteiger partial charge in [-0.2, -0.15) is 0 Å². The molecule has 3 aromatic rings. The van der Waals surface area contributed by atoms with E-state index in [4.69, 9.17) is 4.74 Å². The summed E-state index contributed by atoms with van der Waals surface area (Å²) in [5, 5.41) is 2.76. The number of hydrogen-bond donors (Lipinski definition) is 1. The zero-order valence-electron chi connectivity index (χ0n) is 12.9. The lowest BCUT2D eigenvalue weighted by Gasteiger charge is -2.19. The molecule has 0 radical (unpaired) electrons. The van der Waals surface area contributed by atoms with Crippen molar-refractivity contribution < 1.29 is 13.9 Å². The van der Waals surface area contributed by atoms with Crippen LogP contribution >= 0.6 is 0 Å². The maximum atomic E-state index is 13.0. The third-order valence-corrected chi connectivity index (χ3v) is 3.45. The average Bonchev–Trinajstić information content (AvgIpc) is 2.63. The minimum absolute atomic E-state index is 0.323. The number of anilines is 1. The first-order chi connectivity index (χ1) is 11.7. The Labute approximate surface area is 139 Å². The summed E-state index contributed by atoms with van der Waals surface area (Å²) in [6, 6.07) is 24.0. The van der Waals surface area contributed by atoms with Crippen molar-refractivity contribution in [2.75, 3.05) is 5.32 Å². The molecule has 1 N–H and O–H groups in total. The van der Waals surface area contributed by atoms with Gasteiger partial charge < -0.3 is 10.1 Å². The normalized spacial score (nSPS) is 11.5. The Morgan fingerprint density at radius 2 is 1.42 bits per heavy atom. The van der Waals surface area contributed by atoms with Crippen LogP contribution in [0.3, 0.4) is 0 Å². The molecule has 0 heterocycles. The fourth-order valence-electron chi connectivity index (χ4n) is 2.28. The summed E-state index contributed by atoms with van der Waals surface area (Å²) in [5.74, 6) is -0.0783. The third kappa shape index (κ3) is 3.98. The predicted molar refractivity (Wildman–Crippen MR) is 91.3 cm³/mol. The second-order valence-corrected chi connectivity index (χ2v) is 5.22. The smallest absolute Gasteiger partial charge is 0.270 e. The number of benzene rings is 3. The van der Waals surface area contributed by atoms with Gasteiger partial charge in [0.2, 0.25) is 6.10 Å². The number of rotatable bonds is 5. The highest BCUT2D eigenvalue weighted by Gasteiger charge is 2.22. The van der Waals surface area contributed by atoms with Crippen LogP contribution in [-0.4, -0.2) is 5.91 Å². The Morgan fingerprint density at radius 1 is 0.833 bits per heavy atom. The summed E-state index contributed by atoms with van der Waals surface area (Å²) in [5.41, 5.74) is 1.25. The van der Waals surface area contributed by atoms with E-state index in [1.54, 1.807) is 12.1 Å². The Morgan fingerprint density at radius 3 is 2.04 bits per heavy atom. The summed E-state index contributed by atoms with van der Waals surface area (Å²) in [7, 11) is 0. The highest BCUT2D eigenvalue weighted by Crippen LogP contribution is 2.23. The van der Waals surface area contributed by atoms with Crippen LogP contribution in [0.25, 0.3) is 0 Å². The molecule has 0 saturated heterocycles. The molecule has 0 spiro atoms. The molecular weight excluding hydrogens is 305 g/mol. The first kappa shape index (κ1) is 15.7. The molecule has 0 fully saturated rings. The number of para-hydroxylation sites is 1. The lowest BCUT2D eigenvalue weighted by Crippen LogP contribution is -2.25. The molecule has 0 saturated carbocycles. The van der Waals surface area contributed by atoms with E-state index < -0.39 is 6.10 Å². The van der Waals surface area contributed by atoms with Crippen LogP contribution in [0.5, 0.6) is 5.75 Å². The number of ether oxygens (including phenoxy) is 1. The van der Waals surface area contributed by atoms with E-state index in [-0.39, 0.29) is 11.7 Å². The average molecular weight is 321 g/mol. The van der Waals surface area contributed by atoms with Crippen LogP contribution in [0, 0.1) is 5.82 Å². The molecule has 120 valence electrons. The molecule has 0 bridgehead atoms. The van der Waals surface area contributed by atoms with Crippen LogP contribution in [0.15, 0.2) is 84.9 Å². The van der Waals surface area contributed by atoms with Gasteiger partial charge in [-0.05, 0) is 36.4 Å². The van der Waals surface area contributed by atoms with Crippen molar-refractivity contribution in [1.82, 2.24) is 0 Å². The van der Waals surface area contributed by atoms with E-state index in [0.29, 0.717) is 11.4 Å². The second kappa shape index (κ2) is 7.42. The second-order valence-electron chi connectivity index (χ2n) is 5.22. The van der Waals surface area contributed by atoms with Crippen LogP contribution in [0.4, 0.5) is 10.1 Å². The molecule has 3 aromatic carbocycles. The van der Waals surface area contributed by atoms with E-state index in [2.05, 4.69) is 5.32 Å². The van der Waals surface area contributed by atoms with Crippen molar-refractivity contribution in [2.24, 2.45) is 0 Å². The van der Waals surface area contributed by atoms with E-state index in [1.165, 1.54) is 24.3 Å². The minimum Gasteiger partial charge on any atom is -0.476 e. The maximum Gasteiger partial charge on any atom is 0.270 e. The van der Waals surface area contributed by atoms with Gasteiger partial charge in [-0.15, -0.1) is 0 Å². The van der Waals surface area contributed by atoms with Gasteiger partial charge in [0.05, 0.1) is 0 Å². The minimum atomic E-state index is -0.807. The molecule has 3 rings (SSSR count). The topological polar surface area (TPSA) is 38.3 Å². The standard InChI is InChI=1S/C20H16FNO2/c21-16-11-13-17(14-12-16)22-20(23)19(15-7-3-1-4-8-15)24-18-9-5-2-6-10-18/h1-14,19H,(H,22,23). The molecule has 1 amide bonds. The molecule has 1 unspecified atom stereocenters. The van der Waals surface area contributed by atoms with Crippen molar-refractivity contribution in [2.45, 2.75) is 6.10 Å². The van der Waals surface area contributed by atoms with Crippen molar-refractivity contribution >= 4 is 11.6 Å². The Balaban J connectivity index is 1.83. The quantitative estimate of drug-likeness (QED) is 0.747. The zero-order chi connectivity index (χ0) is 16.8. The molecule has 1 atom stereocenters. The van der Waals surface area contributed by atoms with E-state index in [1.807, 2.05) is 48.5 Å². The number of halogens is 1. The molecule has 24 heavy (non-hydrogen) atoms. The Bertz CT molecular complexity index is 789. The van der Waals surface area contributed by atoms with Gasteiger partial charge in [0.15, 0.2) is 0 Å². The summed E-state index contributed by atoms with van der Waals surface area (Å²) in [6.07, 6.45) is -0.807. The molecular formula is C20H16FNO2. The summed E-state index contributed by atoms with van der Waals surface area (Å²) >= 11 is 0. The fraction of sp³-hybridized carbons (Fsp3) is 0.0500. The van der Waals surface area contributed by atoms with Crippen molar-refractivity contribution in [3.8, 4) is 5.75 Å². The van der Waals surface area contributed by atoms with Crippen LogP contribution < -0.4 is 10.1 Å². The monoisotopic (exact) mass is 321 g/mol. The lowest BCUT2D eigenvalue weighted by molar-refractivity contribution is -0.123. The first-order valence-corrected chi connectivity index (χ1v) is 7.55. The van der Waals surface area contributed by atoms with Gasteiger partial charge in [0.1, 0.15) is 11.6 Å². The van der Waals surface area contributed by atoms with Gasteiger partial charge >= 0.3 is 0 Å². The van der Waals surface area contributed by atoms with Gasteiger partial charge in [-0.1, -0.05) is 48.5 Å². The summed E-state index contributed by atoms with van der Waals surface area (Å²) < 4.78 is 18.9. The number of hydrogen-bond acceptors (Lipinski definition) is 2. The molecule has 0 aliphatic carbocycles. The molecule has 0 aliphatic heterocycles. The van der Waals surface area contributed by atoms with E-state index >= 15 is 0 Å². The molecule has 0 aromatic heterocycles. The van der Waals surface area contributed by atoms with Crippen molar-refractivity contribution in [1.29, 1.82) is 0 Å². The van der Waals surface area contributed by atoms with Gasteiger partial charge in [0, 0.05) is 11.3 Å². The van der Waals surface area contributed by atoms with E-state index in [9.17, 15) is 9.18 Å². The maximum absolute atomic E-state index is 13.0. The molecule has 3 nitrogen and oxygen atoms in total. The summed E-state index contributed by atoms with van der Waals surface area (Å²) in [4.78, 5) is 12.7. The van der Waals surface area contributed by atoms with Gasteiger partial charge in [-0.3, -0.25) is 4.79 Å². The zero-order valence-corrected chi connectivity index (χ0v) is 12.9. The van der Waals surface area contributed by atoms with Crippen molar-refractivity contribution in [3.63, 3.8) is 0 Å².